The van der Waals surface area contributed by atoms with Crippen molar-refractivity contribution >= 4 is 5.78 Å². The van der Waals surface area contributed by atoms with Crippen LogP contribution in [-0.2, 0) is 0 Å². The number of ketones is 1. The smallest absolute Gasteiger partial charge is 0.163 e. The first-order valence-electron chi connectivity index (χ1n) is 5.93. The van der Waals surface area contributed by atoms with Crippen molar-refractivity contribution in [1.29, 1.82) is 0 Å². The van der Waals surface area contributed by atoms with Crippen LogP contribution in [0.15, 0.2) is 53.1 Å². The zero-order valence-electron chi connectivity index (χ0n) is 9.93. The van der Waals surface area contributed by atoms with Gasteiger partial charge in [0, 0.05) is 17.9 Å². The summed E-state index contributed by atoms with van der Waals surface area (Å²) < 4.78 is 5.37. The highest BCUT2D eigenvalue weighted by Gasteiger charge is 2.17. The molecule has 0 aliphatic carbocycles. The lowest BCUT2D eigenvalue weighted by atomic mass is 9.94. The van der Waals surface area contributed by atoms with Crippen LogP contribution >= 0.6 is 0 Å². The molecule has 0 saturated carbocycles. The molecule has 0 bridgehead atoms. The Kier molecular flexibility index (Phi) is 3.76. The molecule has 0 amide bonds. The Labute approximate surface area is 101 Å². The highest BCUT2D eigenvalue weighted by molar-refractivity contribution is 5.96. The van der Waals surface area contributed by atoms with Crippen LogP contribution in [0, 0.1) is 0 Å². The number of carbonyl (C=O) groups is 1. The Morgan fingerprint density at radius 1 is 1.18 bits per heavy atom. The Hall–Kier alpha value is -1.83. The molecule has 0 spiro atoms. The van der Waals surface area contributed by atoms with Crippen molar-refractivity contribution in [3.8, 4) is 0 Å². The van der Waals surface area contributed by atoms with Crippen LogP contribution in [0.1, 0.15) is 41.8 Å². The number of hydrogen-bond donors (Lipinski definition) is 0. The van der Waals surface area contributed by atoms with Crippen molar-refractivity contribution in [2.45, 2.75) is 25.7 Å². The summed E-state index contributed by atoms with van der Waals surface area (Å²) in [7, 11) is 0. The summed E-state index contributed by atoms with van der Waals surface area (Å²) in [5.41, 5.74) is 0.775. The highest BCUT2D eigenvalue weighted by Crippen LogP contribution is 2.25. The van der Waals surface area contributed by atoms with Gasteiger partial charge in [-0.25, -0.2) is 0 Å². The van der Waals surface area contributed by atoms with E-state index in [-0.39, 0.29) is 11.7 Å². The molecule has 0 fully saturated rings. The van der Waals surface area contributed by atoms with E-state index in [1.165, 1.54) is 0 Å². The zero-order valence-corrected chi connectivity index (χ0v) is 9.93. The van der Waals surface area contributed by atoms with E-state index in [0.717, 1.165) is 17.7 Å². The number of carbonyl (C=O) groups excluding carboxylic acids is 1. The maximum absolute atomic E-state index is 12.1. The predicted molar refractivity (Wildman–Crippen MR) is 67.1 cm³/mol. The molecule has 0 aliphatic heterocycles. The molecule has 0 aliphatic rings. The Balaban J connectivity index is 2.08. The van der Waals surface area contributed by atoms with Crippen LogP contribution in [0.2, 0.25) is 0 Å². The fourth-order valence-electron chi connectivity index (χ4n) is 1.94. The first kappa shape index (κ1) is 11.6. The molecule has 1 atom stereocenters. The second-order valence-corrected chi connectivity index (χ2v) is 4.11. The molecule has 0 saturated heterocycles. The average molecular weight is 228 g/mol. The summed E-state index contributed by atoms with van der Waals surface area (Å²) in [4.78, 5) is 12.1. The molecule has 1 aromatic heterocycles. The van der Waals surface area contributed by atoms with E-state index >= 15 is 0 Å². The molecule has 1 aromatic carbocycles. The van der Waals surface area contributed by atoms with Crippen LogP contribution in [0.4, 0.5) is 0 Å². The molecule has 1 unspecified atom stereocenters. The van der Waals surface area contributed by atoms with Crippen molar-refractivity contribution < 1.29 is 9.21 Å². The minimum atomic E-state index is 0.175. The van der Waals surface area contributed by atoms with E-state index in [0.29, 0.717) is 6.42 Å². The van der Waals surface area contributed by atoms with Gasteiger partial charge in [0.05, 0.1) is 6.26 Å². The van der Waals surface area contributed by atoms with Gasteiger partial charge in [0.1, 0.15) is 5.76 Å². The molecule has 2 nitrogen and oxygen atoms in total. The van der Waals surface area contributed by atoms with Gasteiger partial charge in [-0.2, -0.15) is 0 Å². The van der Waals surface area contributed by atoms with Crippen molar-refractivity contribution in [2.24, 2.45) is 0 Å². The van der Waals surface area contributed by atoms with Gasteiger partial charge in [0.25, 0.3) is 0 Å². The maximum atomic E-state index is 12.1. The van der Waals surface area contributed by atoms with Crippen LogP contribution in [0.3, 0.4) is 0 Å². The van der Waals surface area contributed by atoms with Crippen molar-refractivity contribution in [1.82, 2.24) is 0 Å². The number of benzene rings is 1. The predicted octanol–water partition coefficient (Wildman–Crippen LogP) is 4.05. The number of rotatable bonds is 5. The van der Waals surface area contributed by atoms with Crippen LogP contribution in [0.5, 0.6) is 0 Å². The molecule has 2 aromatic rings. The SMILES string of the molecule is CCC(CC(=O)c1ccccc1)c1ccco1. The lowest BCUT2D eigenvalue weighted by molar-refractivity contribution is 0.0969. The molecule has 0 radical (unpaired) electrons. The van der Waals surface area contributed by atoms with Gasteiger partial charge >= 0.3 is 0 Å². The maximum Gasteiger partial charge on any atom is 0.163 e. The van der Waals surface area contributed by atoms with Gasteiger partial charge in [0.2, 0.25) is 0 Å². The van der Waals surface area contributed by atoms with Crippen LogP contribution < -0.4 is 0 Å². The Morgan fingerprint density at radius 2 is 1.94 bits per heavy atom. The lowest BCUT2D eigenvalue weighted by Gasteiger charge is -2.10. The minimum absolute atomic E-state index is 0.175. The monoisotopic (exact) mass is 228 g/mol. The van der Waals surface area contributed by atoms with Crippen molar-refractivity contribution in [3.05, 3.63) is 60.1 Å². The molecule has 0 N–H and O–H groups in total. The van der Waals surface area contributed by atoms with E-state index in [9.17, 15) is 4.79 Å². The summed E-state index contributed by atoms with van der Waals surface area (Å²) in [5.74, 6) is 1.25. The van der Waals surface area contributed by atoms with Crippen molar-refractivity contribution in [3.63, 3.8) is 0 Å². The normalized spacial score (nSPS) is 12.3. The summed E-state index contributed by atoms with van der Waals surface area (Å²) in [6, 6.07) is 13.2. The minimum Gasteiger partial charge on any atom is -0.469 e. The topological polar surface area (TPSA) is 30.2 Å². The highest BCUT2D eigenvalue weighted by atomic mass is 16.3. The van der Waals surface area contributed by atoms with Gasteiger partial charge in [-0.3, -0.25) is 4.79 Å². The van der Waals surface area contributed by atoms with Gasteiger partial charge in [-0.15, -0.1) is 0 Å². The molecule has 17 heavy (non-hydrogen) atoms. The third-order valence-electron chi connectivity index (χ3n) is 2.97. The summed E-state index contributed by atoms with van der Waals surface area (Å²) in [6.45, 7) is 2.07. The fraction of sp³-hybridized carbons (Fsp3) is 0.267. The number of furan rings is 1. The largest absolute Gasteiger partial charge is 0.469 e. The molecule has 1 heterocycles. The van der Waals surface area contributed by atoms with Crippen LogP contribution in [0.25, 0.3) is 0 Å². The van der Waals surface area contributed by atoms with E-state index in [2.05, 4.69) is 6.92 Å². The Morgan fingerprint density at radius 3 is 2.53 bits per heavy atom. The molecule has 2 rings (SSSR count). The standard InChI is InChI=1S/C15H16O2/c1-2-12(15-9-6-10-17-15)11-14(16)13-7-4-3-5-8-13/h3-10,12H,2,11H2,1H3. The van der Waals surface area contributed by atoms with E-state index in [4.69, 9.17) is 4.42 Å². The van der Waals surface area contributed by atoms with Gasteiger partial charge in [-0.05, 0) is 18.6 Å². The molecule has 2 heteroatoms. The average Bonchev–Trinajstić information content (AvgIpc) is 2.90. The summed E-state index contributed by atoms with van der Waals surface area (Å²) >= 11 is 0. The number of hydrogen-bond acceptors (Lipinski definition) is 2. The third kappa shape index (κ3) is 2.84. The number of Topliss-reactive ketones (excluding diaryl/α,β-unsaturated/α-hetero) is 1. The van der Waals surface area contributed by atoms with E-state index in [1.54, 1.807) is 6.26 Å². The molecular weight excluding hydrogens is 212 g/mol. The zero-order chi connectivity index (χ0) is 12.1. The Bertz CT molecular complexity index is 457. The quantitative estimate of drug-likeness (QED) is 0.723. The van der Waals surface area contributed by atoms with E-state index < -0.39 is 0 Å². The summed E-state index contributed by atoms with van der Waals surface area (Å²) in [5, 5.41) is 0. The lowest BCUT2D eigenvalue weighted by Crippen LogP contribution is -2.06. The second kappa shape index (κ2) is 5.48. The van der Waals surface area contributed by atoms with Crippen LogP contribution in [-0.4, -0.2) is 5.78 Å². The third-order valence-corrected chi connectivity index (χ3v) is 2.97. The van der Waals surface area contributed by atoms with E-state index in [1.807, 2.05) is 42.5 Å². The molecular formula is C15H16O2. The van der Waals surface area contributed by atoms with Gasteiger partial charge in [0.15, 0.2) is 5.78 Å². The van der Waals surface area contributed by atoms with Crippen molar-refractivity contribution in [2.75, 3.05) is 0 Å². The van der Waals surface area contributed by atoms with Gasteiger partial charge < -0.3 is 4.42 Å². The first-order valence-corrected chi connectivity index (χ1v) is 5.93. The summed E-state index contributed by atoms with van der Waals surface area (Å²) in [6.07, 6.45) is 3.07. The van der Waals surface area contributed by atoms with Gasteiger partial charge in [-0.1, -0.05) is 37.3 Å². The molecule has 88 valence electrons. The first-order chi connectivity index (χ1) is 8.31. The fourth-order valence-corrected chi connectivity index (χ4v) is 1.94. The second-order valence-electron chi connectivity index (χ2n) is 4.11.